The van der Waals surface area contributed by atoms with Crippen LogP contribution in [0.4, 0.5) is 17.3 Å². The van der Waals surface area contributed by atoms with Gasteiger partial charge in [-0.15, -0.1) is 0 Å². The van der Waals surface area contributed by atoms with Crippen LogP contribution in [0.15, 0.2) is 24.3 Å². The summed E-state index contributed by atoms with van der Waals surface area (Å²) < 4.78 is 49.4. The summed E-state index contributed by atoms with van der Waals surface area (Å²) in [5.41, 5.74) is 0.467. The van der Waals surface area contributed by atoms with E-state index >= 15 is 0 Å². The highest BCUT2D eigenvalue weighted by molar-refractivity contribution is 6.61. The van der Waals surface area contributed by atoms with Crippen LogP contribution in [-0.4, -0.2) is 6.98 Å². The Bertz CT molecular complexity index is 347. The van der Waals surface area contributed by atoms with Gasteiger partial charge in [0.1, 0.15) is 5.82 Å². The average Bonchev–Trinajstić information content (AvgIpc) is 2.81. The van der Waals surface area contributed by atoms with Crippen LogP contribution in [0.2, 0.25) is 5.82 Å². The average molecular weight is 203 g/mol. The van der Waals surface area contributed by atoms with E-state index in [2.05, 4.69) is 0 Å². The number of benzene rings is 1. The first kappa shape index (κ1) is 9.56. The molecule has 0 heterocycles. The summed E-state index contributed by atoms with van der Waals surface area (Å²) in [6.07, 6.45) is 0.118. The molecule has 0 N–H and O–H groups in total. The summed E-state index contributed by atoms with van der Waals surface area (Å²) in [5, 5.41) is 0. The van der Waals surface area contributed by atoms with Gasteiger partial charge in [0.05, 0.1) is 0 Å². The summed E-state index contributed by atoms with van der Waals surface area (Å²) in [6.45, 7) is -4.76. The molecule has 0 saturated heterocycles. The molecule has 0 radical (unpaired) electrons. The van der Waals surface area contributed by atoms with E-state index in [-0.39, 0.29) is 6.42 Å². The fraction of sp³-hybridized carbons (Fsp3) is 0.333. The third-order valence-corrected chi connectivity index (χ3v) is 2.60. The van der Waals surface area contributed by atoms with E-state index in [1.807, 2.05) is 0 Å². The zero-order valence-electron chi connectivity index (χ0n) is 7.26. The molecule has 0 aliphatic heterocycles. The van der Waals surface area contributed by atoms with Gasteiger partial charge in [-0.1, -0.05) is 24.4 Å². The maximum Gasteiger partial charge on any atom is 0.481 e. The molecule has 1 saturated carbocycles. The van der Waals surface area contributed by atoms with Gasteiger partial charge in [0, 0.05) is 0 Å². The number of hydrogen-bond donors (Lipinski definition) is 0. The van der Waals surface area contributed by atoms with Crippen molar-refractivity contribution in [3.63, 3.8) is 0 Å². The predicted octanol–water partition coefficient (Wildman–Crippen LogP) is 3.53. The van der Waals surface area contributed by atoms with Crippen LogP contribution in [0, 0.1) is 5.82 Å². The monoisotopic (exact) mass is 203 g/mol. The molecule has 0 unspecified atom stereocenters. The minimum Gasteiger partial charge on any atom is -0.449 e. The first-order chi connectivity index (χ1) is 6.48. The highest BCUT2D eigenvalue weighted by Crippen LogP contribution is 2.59. The van der Waals surface area contributed by atoms with Crippen LogP contribution in [0.3, 0.4) is 0 Å². The smallest absolute Gasteiger partial charge is 0.449 e. The van der Waals surface area contributed by atoms with Gasteiger partial charge in [-0.25, -0.2) is 4.39 Å². The minimum absolute atomic E-state index is 0.118. The van der Waals surface area contributed by atoms with E-state index < -0.39 is 24.5 Å². The standard InChI is InChI=1S/C9H8BF4/c11-7-3-1-2-6(4-7)8-5-9(8)10(12,13)14/h1-4,8-9H,5H2/q-1/t8-,9+/m0/s1. The molecular formula is C9H8BF4-. The molecule has 1 aliphatic carbocycles. The molecule has 2 rings (SSSR count). The molecule has 1 fully saturated rings. The van der Waals surface area contributed by atoms with Crippen molar-refractivity contribution in [2.24, 2.45) is 0 Å². The zero-order chi connectivity index (χ0) is 10.3. The zero-order valence-corrected chi connectivity index (χ0v) is 7.26. The lowest BCUT2D eigenvalue weighted by molar-refractivity contribution is 0.463. The molecule has 0 spiro atoms. The minimum atomic E-state index is -4.76. The lowest BCUT2D eigenvalue weighted by atomic mass is 9.81. The fourth-order valence-electron chi connectivity index (χ4n) is 1.75. The van der Waals surface area contributed by atoms with Crippen LogP contribution < -0.4 is 0 Å². The Labute approximate surface area is 79.0 Å². The molecule has 14 heavy (non-hydrogen) atoms. The van der Waals surface area contributed by atoms with E-state index in [0.717, 1.165) is 0 Å². The van der Waals surface area contributed by atoms with Crippen molar-refractivity contribution in [3.8, 4) is 0 Å². The number of halogens is 4. The number of rotatable bonds is 2. The summed E-state index contributed by atoms with van der Waals surface area (Å²) in [5.74, 6) is -2.19. The van der Waals surface area contributed by atoms with E-state index in [9.17, 15) is 17.3 Å². The normalized spacial score (nSPS) is 26.3. The summed E-state index contributed by atoms with van der Waals surface area (Å²) >= 11 is 0. The molecule has 0 aromatic heterocycles. The summed E-state index contributed by atoms with van der Waals surface area (Å²) in [7, 11) is 0. The van der Waals surface area contributed by atoms with Crippen molar-refractivity contribution in [2.45, 2.75) is 18.2 Å². The van der Waals surface area contributed by atoms with Crippen LogP contribution in [0.25, 0.3) is 0 Å². The highest BCUT2D eigenvalue weighted by Gasteiger charge is 2.51. The Morgan fingerprint density at radius 3 is 2.43 bits per heavy atom. The first-order valence-corrected chi connectivity index (χ1v) is 4.44. The maximum absolute atomic E-state index is 12.7. The van der Waals surface area contributed by atoms with E-state index in [0.29, 0.717) is 5.56 Å². The Morgan fingerprint density at radius 1 is 1.21 bits per heavy atom. The third kappa shape index (κ3) is 1.76. The maximum atomic E-state index is 12.7. The van der Waals surface area contributed by atoms with Gasteiger partial charge in [0.15, 0.2) is 0 Å². The highest BCUT2D eigenvalue weighted by atomic mass is 19.4. The van der Waals surface area contributed by atoms with Crippen molar-refractivity contribution in [1.82, 2.24) is 0 Å². The van der Waals surface area contributed by atoms with Gasteiger partial charge in [-0.05, 0) is 23.6 Å². The molecule has 1 aromatic rings. The van der Waals surface area contributed by atoms with E-state index in [4.69, 9.17) is 0 Å². The van der Waals surface area contributed by atoms with Crippen molar-refractivity contribution in [2.75, 3.05) is 0 Å². The third-order valence-electron chi connectivity index (χ3n) is 2.60. The Kier molecular flexibility index (Phi) is 2.05. The molecule has 1 aromatic carbocycles. The lowest BCUT2D eigenvalue weighted by Gasteiger charge is -2.12. The Balaban J connectivity index is 2.14. The second-order valence-corrected chi connectivity index (χ2v) is 3.69. The van der Waals surface area contributed by atoms with Crippen molar-refractivity contribution >= 4 is 6.98 Å². The largest absolute Gasteiger partial charge is 0.481 e. The molecule has 76 valence electrons. The summed E-state index contributed by atoms with van der Waals surface area (Å²) in [4.78, 5) is 0. The molecule has 2 atom stereocenters. The Hall–Kier alpha value is -0.995. The van der Waals surface area contributed by atoms with Crippen LogP contribution in [0.1, 0.15) is 17.9 Å². The number of hydrogen-bond acceptors (Lipinski definition) is 0. The van der Waals surface area contributed by atoms with E-state index in [1.54, 1.807) is 6.07 Å². The second kappa shape index (κ2) is 3.00. The first-order valence-electron chi connectivity index (χ1n) is 4.44. The van der Waals surface area contributed by atoms with Crippen LogP contribution in [-0.2, 0) is 0 Å². The molecule has 0 amide bonds. The molecule has 1 aliphatic rings. The van der Waals surface area contributed by atoms with Gasteiger partial charge >= 0.3 is 6.98 Å². The SMILES string of the molecule is Fc1cccc([C@@H]2C[C@H]2[B-](F)(F)F)c1. The van der Waals surface area contributed by atoms with Crippen LogP contribution >= 0.6 is 0 Å². The van der Waals surface area contributed by atoms with Crippen LogP contribution in [0.5, 0.6) is 0 Å². The topological polar surface area (TPSA) is 0 Å². The molecule has 5 heteroatoms. The van der Waals surface area contributed by atoms with Gasteiger partial charge in [-0.2, -0.15) is 0 Å². The fourth-order valence-corrected chi connectivity index (χ4v) is 1.75. The Morgan fingerprint density at radius 2 is 1.93 bits per heavy atom. The van der Waals surface area contributed by atoms with Gasteiger partial charge in [0.2, 0.25) is 0 Å². The molecule has 0 nitrogen and oxygen atoms in total. The van der Waals surface area contributed by atoms with Crippen molar-refractivity contribution in [1.29, 1.82) is 0 Å². The predicted molar refractivity (Wildman–Crippen MR) is 46.6 cm³/mol. The van der Waals surface area contributed by atoms with E-state index in [1.165, 1.54) is 18.2 Å². The summed E-state index contributed by atoms with van der Waals surface area (Å²) in [6, 6.07) is 5.42. The van der Waals surface area contributed by atoms with Gasteiger partial charge in [0.25, 0.3) is 0 Å². The van der Waals surface area contributed by atoms with Gasteiger partial charge < -0.3 is 12.9 Å². The second-order valence-electron chi connectivity index (χ2n) is 3.69. The van der Waals surface area contributed by atoms with Gasteiger partial charge in [-0.3, -0.25) is 0 Å². The quantitative estimate of drug-likeness (QED) is 0.509. The molecular weight excluding hydrogens is 195 g/mol. The van der Waals surface area contributed by atoms with Crippen molar-refractivity contribution < 1.29 is 17.3 Å². The lowest BCUT2D eigenvalue weighted by Crippen LogP contribution is -2.15. The van der Waals surface area contributed by atoms with Crippen molar-refractivity contribution in [3.05, 3.63) is 35.6 Å². The molecule has 0 bridgehead atoms.